The number of aromatic nitrogens is 2. The standard InChI is InChI=1S/C23H32N6O/c1-18(19-6-4-3-5-7-19)26-23(30)20-8-10-28(11-9-20)21-16-24-17-25-22(21)29-14-12-27(2)13-15-29/h3-7,16-18,20H,8-15H2,1-2H3,(H,26,30)/t18-/m0/s1. The summed E-state index contributed by atoms with van der Waals surface area (Å²) >= 11 is 0. The molecule has 2 aliphatic rings. The van der Waals surface area contributed by atoms with Crippen molar-refractivity contribution < 1.29 is 4.79 Å². The highest BCUT2D eigenvalue weighted by molar-refractivity contribution is 5.79. The van der Waals surface area contributed by atoms with Gasteiger partial charge in [0.15, 0.2) is 5.82 Å². The first-order chi connectivity index (χ1) is 14.6. The maximum absolute atomic E-state index is 12.8. The van der Waals surface area contributed by atoms with Gasteiger partial charge in [0, 0.05) is 45.2 Å². The monoisotopic (exact) mass is 408 g/mol. The molecule has 0 radical (unpaired) electrons. The molecule has 3 heterocycles. The molecule has 0 unspecified atom stereocenters. The van der Waals surface area contributed by atoms with Crippen LogP contribution in [0.2, 0.25) is 0 Å². The van der Waals surface area contributed by atoms with Crippen molar-refractivity contribution >= 4 is 17.4 Å². The van der Waals surface area contributed by atoms with Gasteiger partial charge in [-0.25, -0.2) is 9.97 Å². The summed E-state index contributed by atoms with van der Waals surface area (Å²) in [5, 5.41) is 3.19. The van der Waals surface area contributed by atoms with Gasteiger partial charge >= 0.3 is 0 Å². The lowest BCUT2D eigenvalue weighted by atomic mass is 9.95. The summed E-state index contributed by atoms with van der Waals surface area (Å²) in [6.07, 6.45) is 5.27. The highest BCUT2D eigenvalue weighted by atomic mass is 16.1. The van der Waals surface area contributed by atoms with E-state index in [9.17, 15) is 4.79 Å². The molecule has 160 valence electrons. The smallest absolute Gasteiger partial charge is 0.223 e. The Morgan fingerprint density at radius 1 is 1.03 bits per heavy atom. The van der Waals surface area contributed by atoms with E-state index in [1.807, 2.05) is 31.3 Å². The van der Waals surface area contributed by atoms with Crippen molar-refractivity contribution in [1.29, 1.82) is 0 Å². The van der Waals surface area contributed by atoms with Gasteiger partial charge in [-0.3, -0.25) is 4.79 Å². The van der Waals surface area contributed by atoms with Gasteiger partial charge in [-0.05, 0) is 32.4 Å². The molecule has 4 rings (SSSR count). The Balaban J connectivity index is 1.35. The zero-order chi connectivity index (χ0) is 20.9. The summed E-state index contributed by atoms with van der Waals surface area (Å²) in [5.74, 6) is 1.25. The van der Waals surface area contributed by atoms with Gasteiger partial charge in [0.05, 0.1) is 17.9 Å². The molecule has 7 heteroatoms. The fourth-order valence-electron chi connectivity index (χ4n) is 4.34. The van der Waals surface area contributed by atoms with E-state index >= 15 is 0 Å². The average molecular weight is 409 g/mol. The van der Waals surface area contributed by atoms with Gasteiger partial charge in [-0.1, -0.05) is 30.3 Å². The molecule has 2 aromatic rings. The maximum atomic E-state index is 12.8. The molecule has 1 atom stereocenters. The Bertz CT molecular complexity index is 829. The Morgan fingerprint density at radius 2 is 1.73 bits per heavy atom. The number of hydrogen-bond acceptors (Lipinski definition) is 6. The topological polar surface area (TPSA) is 64.6 Å². The van der Waals surface area contributed by atoms with Gasteiger partial charge < -0.3 is 20.0 Å². The van der Waals surface area contributed by atoms with Crippen LogP contribution in [0, 0.1) is 5.92 Å². The molecule has 7 nitrogen and oxygen atoms in total. The fraction of sp³-hybridized carbons (Fsp3) is 0.522. The number of hydrogen-bond donors (Lipinski definition) is 1. The normalized spacial score (nSPS) is 19.5. The second kappa shape index (κ2) is 9.43. The molecule has 2 fully saturated rings. The van der Waals surface area contributed by atoms with Crippen LogP contribution in [0.25, 0.3) is 0 Å². The number of carbonyl (C=O) groups excluding carboxylic acids is 1. The first kappa shape index (κ1) is 20.6. The van der Waals surface area contributed by atoms with E-state index < -0.39 is 0 Å². The molecule has 0 aliphatic carbocycles. The van der Waals surface area contributed by atoms with Gasteiger partial charge in [-0.15, -0.1) is 0 Å². The van der Waals surface area contributed by atoms with E-state index in [0.717, 1.165) is 69.2 Å². The van der Waals surface area contributed by atoms with Crippen molar-refractivity contribution in [3.8, 4) is 0 Å². The number of carbonyl (C=O) groups is 1. The van der Waals surface area contributed by atoms with Crippen molar-refractivity contribution in [1.82, 2.24) is 20.2 Å². The predicted molar refractivity (Wildman–Crippen MR) is 120 cm³/mol. The van der Waals surface area contributed by atoms with Gasteiger partial charge in [-0.2, -0.15) is 0 Å². The molecular weight excluding hydrogens is 376 g/mol. The number of rotatable bonds is 5. The zero-order valence-corrected chi connectivity index (χ0v) is 18.0. The lowest BCUT2D eigenvalue weighted by molar-refractivity contribution is -0.126. The molecule has 1 aromatic carbocycles. The number of piperazine rings is 1. The van der Waals surface area contributed by atoms with Crippen LogP contribution in [0.3, 0.4) is 0 Å². The Kier molecular flexibility index (Phi) is 6.47. The van der Waals surface area contributed by atoms with E-state index in [2.05, 4.69) is 49.2 Å². The second-order valence-corrected chi connectivity index (χ2v) is 8.42. The number of benzene rings is 1. The van der Waals surface area contributed by atoms with Crippen molar-refractivity contribution in [2.24, 2.45) is 5.92 Å². The van der Waals surface area contributed by atoms with Crippen molar-refractivity contribution in [2.75, 3.05) is 56.1 Å². The Hall–Kier alpha value is -2.67. The van der Waals surface area contributed by atoms with E-state index in [1.54, 1.807) is 6.33 Å². The maximum Gasteiger partial charge on any atom is 0.223 e. The first-order valence-corrected chi connectivity index (χ1v) is 11.0. The number of amides is 1. The number of nitrogens with zero attached hydrogens (tertiary/aromatic N) is 5. The summed E-state index contributed by atoms with van der Waals surface area (Å²) < 4.78 is 0. The van der Waals surface area contributed by atoms with E-state index in [1.165, 1.54) is 0 Å². The number of anilines is 2. The second-order valence-electron chi connectivity index (χ2n) is 8.42. The van der Waals surface area contributed by atoms with Crippen molar-refractivity contribution in [3.63, 3.8) is 0 Å². The molecule has 2 saturated heterocycles. The minimum atomic E-state index is 0.0306. The quantitative estimate of drug-likeness (QED) is 0.819. The minimum absolute atomic E-state index is 0.0306. The third kappa shape index (κ3) is 4.73. The highest BCUT2D eigenvalue weighted by Crippen LogP contribution is 2.30. The van der Waals surface area contributed by atoms with Crippen LogP contribution in [0.1, 0.15) is 31.4 Å². The molecule has 0 saturated carbocycles. The third-order valence-corrected chi connectivity index (χ3v) is 6.34. The average Bonchev–Trinajstić information content (AvgIpc) is 2.80. The highest BCUT2D eigenvalue weighted by Gasteiger charge is 2.28. The van der Waals surface area contributed by atoms with Gasteiger partial charge in [0.1, 0.15) is 6.33 Å². The molecular formula is C23H32N6O. The molecule has 2 aliphatic heterocycles. The molecule has 0 spiro atoms. The number of nitrogens with one attached hydrogen (secondary N) is 1. The molecule has 0 bridgehead atoms. The third-order valence-electron chi connectivity index (χ3n) is 6.34. The number of likely N-dealkylation sites (N-methyl/N-ethyl adjacent to an activating group) is 1. The molecule has 30 heavy (non-hydrogen) atoms. The van der Waals surface area contributed by atoms with Crippen molar-refractivity contribution in [2.45, 2.75) is 25.8 Å². The molecule has 1 N–H and O–H groups in total. The van der Waals surface area contributed by atoms with Crippen LogP contribution in [0.5, 0.6) is 0 Å². The Morgan fingerprint density at radius 3 is 2.43 bits per heavy atom. The van der Waals surface area contributed by atoms with Crippen molar-refractivity contribution in [3.05, 3.63) is 48.4 Å². The molecule has 1 aromatic heterocycles. The first-order valence-electron chi connectivity index (χ1n) is 11.0. The van der Waals surface area contributed by atoms with Crippen LogP contribution in [-0.4, -0.2) is 67.1 Å². The van der Waals surface area contributed by atoms with Gasteiger partial charge in [0.25, 0.3) is 0 Å². The molecule has 1 amide bonds. The lowest BCUT2D eigenvalue weighted by Crippen LogP contribution is -2.46. The van der Waals surface area contributed by atoms with Crippen LogP contribution in [0.15, 0.2) is 42.9 Å². The van der Waals surface area contributed by atoms with E-state index in [-0.39, 0.29) is 17.9 Å². The van der Waals surface area contributed by atoms with E-state index in [0.29, 0.717) is 0 Å². The lowest BCUT2D eigenvalue weighted by Gasteiger charge is -2.38. The van der Waals surface area contributed by atoms with Crippen LogP contribution in [-0.2, 0) is 4.79 Å². The van der Waals surface area contributed by atoms with Crippen LogP contribution < -0.4 is 15.1 Å². The van der Waals surface area contributed by atoms with E-state index in [4.69, 9.17) is 0 Å². The Labute approximate surface area is 179 Å². The largest absolute Gasteiger partial charge is 0.367 e. The summed E-state index contributed by atoms with van der Waals surface area (Å²) in [4.78, 5) is 28.7. The number of piperidine rings is 1. The van der Waals surface area contributed by atoms with Crippen LogP contribution >= 0.6 is 0 Å². The summed E-state index contributed by atoms with van der Waals surface area (Å²) in [5.41, 5.74) is 2.24. The predicted octanol–water partition coefficient (Wildman–Crippen LogP) is 2.32. The summed E-state index contributed by atoms with van der Waals surface area (Å²) in [6.45, 7) is 7.81. The van der Waals surface area contributed by atoms with Crippen LogP contribution in [0.4, 0.5) is 11.5 Å². The summed E-state index contributed by atoms with van der Waals surface area (Å²) in [7, 11) is 2.16. The summed E-state index contributed by atoms with van der Waals surface area (Å²) in [6, 6.07) is 10.2. The zero-order valence-electron chi connectivity index (χ0n) is 18.0. The van der Waals surface area contributed by atoms with Gasteiger partial charge in [0.2, 0.25) is 5.91 Å². The fourth-order valence-corrected chi connectivity index (χ4v) is 4.34. The minimum Gasteiger partial charge on any atom is -0.367 e. The SMILES string of the molecule is C[C@H](NC(=O)C1CCN(c2cncnc2N2CCN(C)CC2)CC1)c1ccccc1.